The van der Waals surface area contributed by atoms with Crippen molar-refractivity contribution < 1.29 is 33.0 Å². The van der Waals surface area contributed by atoms with E-state index in [9.17, 15) is 18.8 Å². The Kier molecular flexibility index (Phi) is 9.11. The molecule has 184 valence electrons. The van der Waals surface area contributed by atoms with Gasteiger partial charge in [-0.05, 0) is 49.9 Å². The number of hydrogen-bond acceptors (Lipinski definition) is 7. The van der Waals surface area contributed by atoms with Crippen LogP contribution in [0.4, 0.5) is 4.39 Å². The third kappa shape index (κ3) is 6.52. The van der Waals surface area contributed by atoms with E-state index in [1.165, 1.54) is 45.4 Å². The van der Waals surface area contributed by atoms with E-state index in [-0.39, 0.29) is 34.8 Å². The Morgan fingerprint density at radius 3 is 2.32 bits per heavy atom. The second kappa shape index (κ2) is 11.6. The number of carbonyl (C=O) groups is 3. The van der Waals surface area contributed by atoms with Crippen molar-refractivity contribution in [3.05, 3.63) is 53.1 Å². The van der Waals surface area contributed by atoms with Crippen LogP contribution in [-0.2, 0) is 14.3 Å². The van der Waals surface area contributed by atoms with Crippen LogP contribution in [0.5, 0.6) is 11.5 Å². The first-order chi connectivity index (χ1) is 16.0. The number of nitrogens with zero attached hydrogens (tertiary/aromatic N) is 1. The quantitative estimate of drug-likeness (QED) is 0.549. The van der Waals surface area contributed by atoms with Gasteiger partial charge in [0.15, 0.2) is 11.4 Å². The first kappa shape index (κ1) is 26.8. The van der Waals surface area contributed by atoms with Crippen molar-refractivity contribution in [2.45, 2.75) is 59.6 Å². The fraction of sp³-hybridized carbons (Fsp3) is 0.440. The van der Waals surface area contributed by atoms with Crippen LogP contribution in [0.2, 0.25) is 0 Å². The average Bonchev–Trinajstić information content (AvgIpc) is 2.74. The van der Waals surface area contributed by atoms with Crippen molar-refractivity contribution >= 4 is 17.8 Å². The Morgan fingerprint density at radius 2 is 1.76 bits per heavy atom. The van der Waals surface area contributed by atoms with Crippen molar-refractivity contribution in [2.75, 3.05) is 7.11 Å². The maximum absolute atomic E-state index is 13.6. The number of aryl methyl sites for hydroxylation is 1. The number of rotatable bonds is 9. The zero-order chi connectivity index (χ0) is 25.6. The Morgan fingerprint density at radius 1 is 1.09 bits per heavy atom. The molecule has 0 bridgehead atoms. The fourth-order valence-electron chi connectivity index (χ4n) is 3.84. The first-order valence-electron chi connectivity index (χ1n) is 10.9. The van der Waals surface area contributed by atoms with Crippen LogP contribution >= 0.6 is 0 Å². The summed E-state index contributed by atoms with van der Waals surface area (Å²) in [6.07, 6.45) is 0.784. The van der Waals surface area contributed by atoms with Gasteiger partial charge in [-0.15, -0.1) is 0 Å². The minimum Gasteiger partial charge on any atom is -0.493 e. The van der Waals surface area contributed by atoms with Crippen molar-refractivity contribution in [1.29, 1.82) is 0 Å². The highest BCUT2D eigenvalue weighted by molar-refractivity contribution is 5.98. The molecule has 9 heteroatoms. The summed E-state index contributed by atoms with van der Waals surface area (Å²) in [5.41, 5.74) is 1.45. The predicted molar refractivity (Wildman–Crippen MR) is 123 cm³/mol. The van der Waals surface area contributed by atoms with Crippen molar-refractivity contribution in [1.82, 2.24) is 10.3 Å². The molecule has 0 saturated carbocycles. The summed E-state index contributed by atoms with van der Waals surface area (Å²) in [5.74, 6) is -2.44. The lowest BCUT2D eigenvalue weighted by molar-refractivity contribution is -0.151. The monoisotopic (exact) mass is 474 g/mol. The lowest BCUT2D eigenvalue weighted by Gasteiger charge is -2.30. The summed E-state index contributed by atoms with van der Waals surface area (Å²) in [5, 5.41) is 2.52. The van der Waals surface area contributed by atoms with E-state index in [2.05, 4.69) is 10.3 Å². The van der Waals surface area contributed by atoms with Gasteiger partial charge < -0.3 is 19.5 Å². The van der Waals surface area contributed by atoms with E-state index >= 15 is 0 Å². The largest absolute Gasteiger partial charge is 0.493 e. The summed E-state index contributed by atoms with van der Waals surface area (Å²) >= 11 is 0. The highest BCUT2D eigenvalue weighted by Crippen LogP contribution is 2.33. The maximum Gasteiger partial charge on any atom is 0.328 e. The standard InChI is InChI=1S/C25H31FN2O6/c1-13(2)21(19-9-8-18(26)12-14(19)3)16(5)33-25(31)15(4)28-24(30)22-23(34-17(6)29)20(32-7)10-11-27-22/h8-13,15-16,21H,1-7H3,(H,28,30). The van der Waals surface area contributed by atoms with Gasteiger partial charge in [-0.25, -0.2) is 14.2 Å². The molecule has 2 rings (SSSR count). The highest BCUT2D eigenvalue weighted by Gasteiger charge is 2.30. The molecular weight excluding hydrogens is 443 g/mol. The molecule has 8 nitrogen and oxygen atoms in total. The van der Waals surface area contributed by atoms with Gasteiger partial charge in [0.1, 0.15) is 18.0 Å². The maximum atomic E-state index is 13.6. The second-order valence-electron chi connectivity index (χ2n) is 8.39. The average molecular weight is 475 g/mol. The lowest BCUT2D eigenvalue weighted by atomic mass is 9.82. The summed E-state index contributed by atoms with van der Waals surface area (Å²) in [6.45, 7) is 10.2. The van der Waals surface area contributed by atoms with Crippen molar-refractivity contribution in [3.8, 4) is 11.5 Å². The zero-order valence-electron chi connectivity index (χ0n) is 20.5. The smallest absolute Gasteiger partial charge is 0.328 e. The number of carbonyl (C=O) groups excluding carboxylic acids is 3. The SMILES string of the molecule is COc1ccnc(C(=O)NC(C)C(=O)OC(C)C(c2ccc(F)cc2C)C(C)C)c1OC(C)=O. The molecule has 0 aliphatic heterocycles. The topological polar surface area (TPSA) is 104 Å². The number of benzene rings is 1. The normalized spacial score (nSPS) is 13.6. The molecule has 0 saturated heterocycles. The van der Waals surface area contributed by atoms with Gasteiger partial charge in [0.05, 0.1) is 7.11 Å². The van der Waals surface area contributed by atoms with Crippen LogP contribution in [0.15, 0.2) is 30.5 Å². The minimum absolute atomic E-state index is 0.101. The van der Waals surface area contributed by atoms with Crippen LogP contribution in [0.1, 0.15) is 62.2 Å². The molecule has 2 aromatic rings. The molecule has 3 atom stereocenters. The van der Waals surface area contributed by atoms with Crippen LogP contribution in [0.25, 0.3) is 0 Å². The van der Waals surface area contributed by atoms with E-state index in [1.54, 1.807) is 13.0 Å². The van der Waals surface area contributed by atoms with Gasteiger partial charge in [-0.2, -0.15) is 0 Å². The lowest BCUT2D eigenvalue weighted by Crippen LogP contribution is -2.42. The van der Waals surface area contributed by atoms with Gasteiger partial charge in [0, 0.05) is 25.1 Å². The molecule has 0 spiro atoms. The third-order valence-corrected chi connectivity index (χ3v) is 5.37. The van der Waals surface area contributed by atoms with E-state index in [0.29, 0.717) is 0 Å². The Labute approximate surface area is 198 Å². The van der Waals surface area contributed by atoms with Crippen LogP contribution in [0.3, 0.4) is 0 Å². The van der Waals surface area contributed by atoms with Gasteiger partial charge in [0.25, 0.3) is 5.91 Å². The van der Waals surface area contributed by atoms with Gasteiger partial charge >= 0.3 is 11.9 Å². The number of amides is 1. The Hall–Kier alpha value is -3.49. The van der Waals surface area contributed by atoms with E-state index in [0.717, 1.165) is 11.1 Å². The number of pyridine rings is 1. The second-order valence-corrected chi connectivity index (χ2v) is 8.39. The number of ether oxygens (including phenoxy) is 3. The van der Waals surface area contributed by atoms with E-state index in [4.69, 9.17) is 14.2 Å². The molecule has 34 heavy (non-hydrogen) atoms. The number of methoxy groups -OCH3 is 1. The van der Waals surface area contributed by atoms with Gasteiger partial charge in [-0.1, -0.05) is 19.9 Å². The molecule has 0 radical (unpaired) electrons. The van der Waals surface area contributed by atoms with Crippen molar-refractivity contribution in [3.63, 3.8) is 0 Å². The summed E-state index contributed by atoms with van der Waals surface area (Å²) in [4.78, 5) is 41.0. The molecule has 0 aliphatic carbocycles. The van der Waals surface area contributed by atoms with Crippen LogP contribution in [-0.4, -0.2) is 42.1 Å². The molecule has 0 aliphatic rings. The van der Waals surface area contributed by atoms with Gasteiger partial charge in [-0.3, -0.25) is 9.59 Å². The summed E-state index contributed by atoms with van der Waals surface area (Å²) < 4.78 is 29.5. The number of nitrogens with one attached hydrogen (secondary N) is 1. The predicted octanol–water partition coefficient (Wildman–Crippen LogP) is 3.95. The van der Waals surface area contributed by atoms with E-state index in [1.807, 2.05) is 20.8 Å². The van der Waals surface area contributed by atoms with E-state index < -0.39 is 30.0 Å². The van der Waals surface area contributed by atoms with Gasteiger partial charge in [0.2, 0.25) is 5.75 Å². The summed E-state index contributed by atoms with van der Waals surface area (Å²) in [6, 6.07) is 4.96. The van der Waals surface area contributed by atoms with Crippen molar-refractivity contribution in [2.24, 2.45) is 5.92 Å². The molecule has 1 heterocycles. The number of aromatic nitrogens is 1. The summed E-state index contributed by atoms with van der Waals surface area (Å²) in [7, 11) is 1.36. The zero-order valence-corrected chi connectivity index (χ0v) is 20.5. The Balaban J connectivity index is 2.16. The molecule has 1 amide bonds. The first-order valence-corrected chi connectivity index (χ1v) is 10.9. The third-order valence-electron chi connectivity index (χ3n) is 5.37. The molecule has 0 fully saturated rings. The van der Waals surface area contributed by atoms with Crippen LogP contribution in [0, 0.1) is 18.7 Å². The number of esters is 2. The molecule has 1 N–H and O–H groups in total. The molecule has 1 aromatic heterocycles. The molecular formula is C25H31FN2O6. The fourth-order valence-corrected chi connectivity index (χ4v) is 3.84. The number of halogens is 1. The molecule has 1 aromatic carbocycles. The number of hydrogen-bond donors (Lipinski definition) is 1. The molecule has 3 unspecified atom stereocenters. The van der Waals surface area contributed by atoms with Crippen LogP contribution < -0.4 is 14.8 Å². The highest BCUT2D eigenvalue weighted by atomic mass is 19.1. The minimum atomic E-state index is -1.02. The Bertz CT molecular complexity index is 1060.